The third-order valence-electron chi connectivity index (χ3n) is 3.36. The van der Waals surface area contributed by atoms with E-state index in [4.69, 9.17) is 11.5 Å². The molecule has 1 heterocycles. The van der Waals surface area contributed by atoms with Crippen molar-refractivity contribution in [2.75, 3.05) is 37.3 Å². The summed E-state index contributed by atoms with van der Waals surface area (Å²) in [7, 11) is 1.79. The summed E-state index contributed by atoms with van der Waals surface area (Å²) in [5.41, 5.74) is 12.6. The van der Waals surface area contributed by atoms with Crippen molar-refractivity contribution in [2.45, 2.75) is 6.42 Å². The Morgan fingerprint density at radius 3 is 2.74 bits per heavy atom. The van der Waals surface area contributed by atoms with Gasteiger partial charge in [-0.1, -0.05) is 6.07 Å². The summed E-state index contributed by atoms with van der Waals surface area (Å²) in [5, 5.41) is 0. The van der Waals surface area contributed by atoms with Gasteiger partial charge in [0.15, 0.2) is 0 Å². The molecule has 19 heavy (non-hydrogen) atoms. The SMILES string of the molecule is CN1CCCN(c2cccc(C(N)=O)c2N)CC1=O. The summed E-state index contributed by atoms with van der Waals surface area (Å²) >= 11 is 0. The van der Waals surface area contributed by atoms with Gasteiger partial charge in [0.05, 0.1) is 23.5 Å². The van der Waals surface area contributed by atoms with Gasteiger partial charge in [-0.3, -0.25) is 9.59 Å². The van der Waals surface area contributed by atoms with E-state index in [-0.39, 0.29) is 12.5 Å². The highest BCUT2D eigenvalue weighted by Crippen LogP contribution is 2.27. The first kappa shape index (κ1) is 13.2. The maximum atomic E-state index is 11.9. The van der Waals surface area contributed by atoms with E-state index in [1.54, 1.807) is 30.1 Å². The van der Waals surface area contributed by atoms with E-state index in [1.807, 2.05) is 4.90 Å². The number of hydrogen-bond acceptors (Lipinski definition) is 4. The average molecular weight is 262 g/mol. The minimum absolute atomic E-state index is 0.0429. The predicted octanol–water partition coefficient (Wildman–Crippen LogP) is 0.0362. The smallest absolute Gasteiger partial charge is 0.250 e. The number of amides is 2. The number of carbonyl (C=O) groups excluding carboxylic acids is 2. The molecule has 0 aliphatic carbocycles. The number of para-hydroxylation sites is 1. The highest BCUT2D eigenvalue weighted by Gasteiger charge is 2.21. The second-order valence-electron chi connectivity index (χ2n) is 4.69. The fourth-order valence-corrected chi connectivity index (χ4v) is 2.24. The molecule has 102 valence electrons. The van der Waals surface area contributed by atoms with Crippen molar-refractivity contribution < 1.29 is 9.59 Å². The number of rotatable bonds is 2. The second kappa shape index (κ2) is 5.17. The molecule has 0 spiro atoms. The fourth-order valence-electron chi connectivity index (χ4n) is 2.24. The molecule has 4 N–H and O–H groups in total. The van der Waals surface area contributed by atoms with E-state index in [0.717, 1.165) is 19.5 Å². The van der Waals surface area contributed by atoms with Gasteiger partial charge >= 0.3 is 0 Å². The lowest BCUT2D eigenvalue weighted by atomic mass is 10.1. The molecule has 2 amide bonds. The standard InChI is InChI=1S/C13H18N4O2/c1-16-6-3-7-17(8-11(16)18)10-5-2-4-9(12(10)14)13(15)19/h2,4-5H,3,6-8,14H2,1H3,(H2,15,19). The Morgan fingerprint density at radius 2 is 2.05 bits per heavy atom. The molecule has 6 heteroatoms. The molecule has 0 radical (unpaired) electrons. The van der Waals surface area contributed by atoms with Gasteiger partial charge in [0.2, 0.25) is 5.91 Å². The van der Waals surface area contributed by atoms with Crippen LogP contribution in [0.15, 0.2) is 18.2 Å². The molecule has 0 aromatic heterocycles. The molecule has 6 nitrogen and oxygen atoms in total. The molecule has 0 bridgehead atoms. The van der Waals surface area contributed by atoms with Gasteiger partial charge in [0.1, 0.15) is 0 Å². The molecule has 1 saturated heterocycles. The summed E-state index contributed by atoms with van der Waals surface area (Å²) in [5.74, 6) is -0.515. The first-order valence-corrected chi connectivity index (χ1v) is 6.18. The fraction of sp³-hybridized carbons (Fsp3) is 0.385. The summed E-state index contributed by atoms with van der Waals surface area (Å²) in [6, 6.07) is 5.12. The van der Waals surface area contributed by atoms with Crippen molar-refractivity contribution in [3.8, 4) is 0 Å². The van der Waals surface area contributed by atoms with Crippen LogP contribution >= 0.6 is 0 Å². The van der Waals surface area contributed by atoms with Crippen LogP contribution in [0.1, 0.15) is 16.8 Å². The Kier molecular flexibility index (Phi) is 3.59. The third kappa shape index (κ3) is 2.62. The largest absolute Gasteiger partial charge is 0.396 e. The van der Waals surface area contributed by atoms with Crippen LogP contribution in [0.25, 0.3) is 0 Å². The molecule has 1 aliphatic rings. The van der Waals surface area contributed by atoms with Crippen molar-refractivity contribution >= 4 is 23.2 Å². The first-order valence-electron chi connectivity index (χ1n) is 6.18. The first-order chi connectivity index (χ1) is 9.00. The van der Waals surface area contributed by atoms with Crippen LogP contribution in [0.2, 0.25) is 0 Å². The summed E-state index contributed by atoms with van der Waals surface area (Å²) < 4.78 is 0. The maximum Gasteiger partial charge on any atom is 0.250 e. The molecular formula is C13H18N4O2. The summed E-state index contributed by atoms with van der Waals surface area (Å²) in [6.45, 7) is 1.72. The second-order valence-corrected chi connectivity index (χ2v) is 4.69. The van der Waals surface area contributed by atoms with Crippen molar-refractivity contribution in [1.82, 2.24) is 4.90 Å². The molecule has 1 aromatic rings. The minimum Gasteiger partial charge on any atom is -0.396 e. The van der Waals surface area contributed by atoms with E-state index in [1.165, 1.54) is 0 Å². The Hall–Kier alpha value is -2.24. The monoisotopic (exact) mass is 262 g/mol. The number of carbonyl (C=O) groups is 2. The van der Waals surface area contributed by atoms with E-state index >= 15 is 0 Å². The molecular weight excluding hydrogens is 244 g/mol. The molecule has 0 atom stereocenters. The van der Waals surface area contributed by atoms with E-state index in [9.17, 15) is 9.59 Å². The van der Waals surface area contributed by atoms with Crippen LogP contribution < -0.4 is 16.4 Å². The van der Waals surface area contributed by atoms with Crippen LogP contribution in [0.4, 0.5) is 11.4 Å². The van der Waals surface area contributed by atoms with Gasteiger partial charge in [-0.25, -0.2) is 0 Å². The lowest BCUT2D eigenvalue weighted by Gasteiger charge is -2.24. The van der Waals surface area contributed by atoms with E-state index < -0.39 is 5.91 Å². The van der Waals surface area contributed by atoms with Gasteiger partial charge < -0.3 is 21.3 Å². The molecule has 0 unspecified atom stereocenters. The zero-order chi connectivity index (χ0) is 14.0. The number of nitrogen functional groups attached to an aromatic ring is 1. The topological polar surface area (TPSA) is 92.7 Å². The number of primary amides is 1. The van der Waals surface area contributed by atoms with E-state index in [2.05, 4.69) is 0 Å². The average Bonchev–Trinajstić information content (AvgIpc) is 2.52. The van der Waals surface area contributed by atoms with Crippen LogP contribution in [0.3, 0.4) is 0 Å². The minimum atomic E-state index is -0.558. The van der Waals surface area contributed by atoms with Crippen LogP contribution in [0, 0.1) is 0 Å². The summed E-state index contributed by atoms with van der Waals surface area (Å²) in [4.78, 5) is 26.8. The van der Waals surface area contributed by atoms with Gasteiger partial charge in [-0.2, -0.15) is 0 Å². The highest BCUT2D eigenvalue weighted by molar-refractivity contribution is 6.01. The van der Waals surface area contributed by atoms with Crippen molar-refractivity contribution in [1.29, 1.82) is 0 Å². The number of nitrogens with zero attached hydrogens (tertiary/aromatic N) is 2. The lowest BCUT2D eigenvalue weighted by molar-refractivity contribution is -0.127. The van der Waals surface area contributed by atoms with Gasteiger partial charge in [0, 0.05) is 20.1 Å². The van der Waals surface area contributed by atoms with E-state index in [0.29, 0.717) is 16.9 Å². The Balaban J connectivity index is 2.33. The van der Waals surface area contributed by atoms with Crippen molar-refractivity contribution in [3.05, 3.63) is 23.8 Å². The van der Waals surface area contributed by atoms with Crippen molar-refractivity contribution in [2.24, 2.45) is 5.73 Å². The zero-order valence-corrected chi connectivity index (χ0v) is 10.9. The molecule has 1 aliphatic heterocycles. The maximum absolute atomic E-state index is 11.9. The number of benzene rings is 1. The van der Waals surface area contributed by atoms with Gasteiger partial charge in [-0.15, -0.1) is 0 Å². The van der Waals surface area contributed by atoms with Crippen molar-refractivity contribution in [3.63, 3.8) is 0 Å². The third-order valence-corrected chi connectivity index (χ3v) is 3.36. The molecule has 0 saturated carbocycles. The van der Waals surface area contributed by atoms with Crippen LogP contribution in [-0.4, -0.2) is 43.4 Å². The Morgan fingerprint density at radius 1 is 1.32 bits per heavy atom. The van der Waals surface area contributed by atoms with Gasteiger partial charge in [0.25, 0.3) is 5.91 Å². The Bertz CT molecular complexity index is 515. The normalized spacial score (nSPS) is 16.4. The van der Waals surface area contributed by atoms with Gasteiger partial charge in [-0.05, 0) is 18.6 Å². The predicted molar refractivity (Wildman–Crippen MR) is 73.8 cm³/mol. The number of likely N-dealkylation sites (N-methyl/N-ethyl adjacent to an activating group) is 1. The van der Waals surface area contributed by atoms with Crippen LogP contribution in [0.5, 0.6) is 0 Å². The lowest BCUT2D eigenvalue weighted by Crippen LogP contribution is -2.34. The highest BCUT2D eigenvalue weighted by atomic mass is 16.2. The number of hydrogen-bond donors (Lipinski definition) is 2. The zero-order valence-electron chi connectivity index (χ0n) is 10.9. The summed E-state index contributed by atoms with van der Waals surface area (Å²) in [6.07, 6.45) is 0.864. The number of nitrogens with two attached hydrogens (primary N) is 2. The molecule has 1 aromatic carbocycles. The molecule has 1 fully saturated rings. The number of anilines is 2. The van der Waals surface area contributed by atoms with Crippen LogP contribution in [-0.2, 0) is 4.79 Å². The molecule has 2 rings (SSSR count). The Labute approximate surface area is 112 Å². The quantitative estimate of drug-likeness (QED) is 0.736.